The molecule has 5 nitrogen and oxygen atoms in total. The van der Waals surface area contributed by atoms with Crippen LogP contribution < -0.4 is 5.73 Å². The van der Waals surface area contributed by atoms with Crippen LogP contribution in [0.5, 0.6) is 0 Å². The van der Waals surface area contributed by atoms with Crippen molar-refractivity contribution in [3.63, 3.8) is 0 Å². The molecule has 2 rings (SSSR count). The topological polar surface area (TPSA) is 76.4 Å². The molecule has 0 aliphatic heterocycles. The van der Waals surface area contributed by atoms with Crippen LogP contribution in [-0.4, -0.2) is 20.6 Å². The molecule has 0 bridgehead atoms. The smallest absolute Gasteiger partial charge is 0.172 e. The van der Waals surface area contributed by atoms with Gasteiger partial charge in [-0.3, -0.25) is 0 Å². The molecule has 0 amide bonds. The molecule has 5 heteroatoms. The van der Waals surface area contributed by atoms with E-state index in [1.807, 2.05) is 36.6 Å². The van der Waals surface area contributed by atoms with E-state index in [4.69, 9.17) is 10.9 Å². The minimum Gasteiger partial charge on any atom is -0.409 e. The van der Waals surface area contributed by atoms with Crippen molar-refractivity contribution in [2.45, 2.75) is 13.8 Å². The third kappa shape index (κ3) is 1.87. The fraction of sp³-hybridized carbons (Fsp3) is 0.167. The minimum atomic E-state index is 0.0892. The van der Waals surface area contributed by atoms with Crippen LogP contribution in [-0.2, 0) is 0 Å². The molecule has 0 unspecified atom stereocenters. The van der Waals surface area contributed by atoms with Crippen LogP contribution in [0.2, 0.25) is 0 Å². The SMILES string of the molecule is Cc1ncn(-c2ccccc2C(N)=NO)c1C. The summed E-state index contributed by atoms with van der Waals surface area (Å²) in [5.74, 6) is 0.0892. The number of oxime groups is 1. The predicted molar refractivity (Wildman–Crippen MR) is 65.5 cm³/mol. The summed E-state index contributed by atoms with van der Waals surface area (Å²) >= 11 is 0. The number of imidazole rings is 1. The summed E-state index contributed by atoms with van der Waals surface area (Å²) < 4.78 is 1.92. The molecule has 1 aromatic heterocycles. The highest BCUT2D eigenvalue weighted by atomic mass is 16.4. The molecule has 1 heterocycles. The van der Waals surface area contributed by atoms with Crippen LogP contribution in [0.4, 0.5) is 0 Å². The lowest BCUT2D eigenvalue weighted by molar-refractivity contribution is 0.318. The predicted octanol–water partition coefficient (Wildman–Crippen LogP) is 1.58. The van der Waals surface area contributed by atoms with Crippen molar-refractivity contribution < 1.29 is 5.21 Å². The van der Waals surface area contributed by atoms with Gasteiger partial charge in [0, 0.05) is 11.3 Å². The average molecular weight is 230 g/mol. The van der Waals surface area contributed by atoms with E-state index in [1.54, 1.807) is 12.4 Å². The third-order valence-corrected chi connectivity index (χ3v) is 2.80. The van der Waals surface area contributed by atoms with Crippen LogP contribution >= 0.6 is 0 Å². The molecule has 0 fully saturated rings. The van der Waals surface area contributed by atoms with Crippen molar-refractivity contribution in [3.8, 4) is 5.69 Å². The summed E-state index contributed by atoms with van der Waals surface area (Å²) in [6.45, 7) is 3.92. The first kappa shape index (κ1) is 11.2. The van der Waals surface area contributed by atoms with Crippen LogP contribution in [0.15, 0.2) is 35.7 Å². The second-order valence-corrected chi connectivity index (χ2v) is 3.79. The summed E-state index contributed by atoms with van der Waals surface area (Å²) in [6.07, 6.45) is 1.73. The first-order valence-electron chi connectivity index (χ1n) is 5.23. The van der Waals surface area contributed by atoms with Crippen molar-refractivity contribution in [1.82, 2.24) is 9.55 Å². The van der Waals surface area contributed by atoms with Crippen LogP contribution in [0.25, 0.3) is 5.69 Å². The van der Waals surface area contributed by atoms with Gasteiger partial charge < -0.3 is 15.5 Å². The lowest BCUT2D eigenvalue weighted by Gasteiger charge is -2.10. The van der Waals surface area contributed by atoms with Gasteiger partial charge in [0.05, 0.1) is 17.7 Å². The molecule has 0 atom stereocenters. The van der Waals surface area contributed by atoms with Crippen LogP contribution in [0.1, 0.15) is 17.0 Å². The van der Waals surface area contributed by atoms with Gasteiger partial charge >= 0.3 is 0 Å². The Morgan fingerprint density at radius 2 is 2.06 bits per heavy atom. The Kier molecular flexibility index (Phi) is 2.82. The monoisotopic (exact) mass is 230 g/mol. The Morgan fingerprint density at radius 1 is 1.35 bits per heavy atom. The highest BCUT2D eigenvalue weighted by Gasteiger charge is 2.11. The number of nitrogens with zero attached hydrogens (tertiary/aromatic N) is 3. The molecule has 0 aliphatic rings. The van der Waals surface area contributed by atoms with Gasteiger partial charge in [-0.1, -0.05) is 17.3 Å². The Morgan fingerprint density at radius 3 is 2.65 bits per heavy atom. The molecular weight excluding hydrogens is 216 g/mol. The van der Waals surface area contributed by atoms with Gasteiger partial charge in [0.25, 0.3) is 0 Å². The molecule has 2 aromatic rings. The number of para-hydroxylation sites is 1. The van der Waals surface area contributed by atoms with Crippen molar-refractivity contribution in [2.75, 3.05) is 0 Å². The first-order valence-corrected chi connectivity index (χ1v) is 5.23. The molecule has 0 radical (unpaired) electrons. The van der Waals surface area contributed by atoms with E-state index in [2.05, 4.69) is 10.1 Å². The number of aromatic nitrogens is 2. The minimum absolute atomic E-state index is 0.0892. The number of hydrogen-bond acceptors (Lipinski definition) is 3. The number of rotatable bonds is 2. The van der Waals surface area contributed by atoms with Crippen LogP contribution in [0.3, 0.4) is 0 Å². The van der Waals surface area contributed by atoms with Crippen molar-refractivity contribution >= 4 is 5.84 Å². The van der Waals surface area contributed by atoms with Gasteiger partial charge in [0.2, 0.25) is 0 Å². The molecule has 1 aromatic carbocycles. The molecule has 3 N–H and O–H groups in total. The summed E-state index contributed by atoms with van der Waals surface area (Å²) in [4.78, 5) is 4.24. The number of hydrogen-bond donors (Lipinski definition) is 2. The van der Waals surface area contributed by atoms with E-state index in [1.165, 1.54) is 0 Å². The van der Waals surface area contributed by atoms with E-state index in [0.717, 1.165) is 17.1 Å². The molecule has 88 valence electrons. The van der Waals surface area contributed by atoms with Gasteiger partial charge in [-0.2, -0.15) is 0 Å². The lowest BCUT2D eigenvalue weighted by Crippen LogP contribution is -2.16. The van der Waals surface area contributed by atoms with Gasteiger partial charge in [-0.15, -0.1) is 0 Å². The fourth-order valence-corrected chi connectivity index (χ4v) is 1.70. The van der Waals surface area contributed by atoms with E-state index < -0.39 is 0 Å². The Hall–Kier alpha value is -2.30. The fourth-order valence-electron chi connectivity index (χ4n) is 1.70. The van der Waals surface area contributed by atoms with Gasteiger partial charge in [-0.05, 0) is 26.0 Å². The van der Waals surface area contributed by atoms with Gasteiger partial charge in [0.1, 0.15) is 0 Å². The zero-order valence-corrected chi connectivity index (χ0v) is 9.75. The third-order valence-electron chi connectivity index (χ3n) is 2.80. The maximum absolute atomic E-state index is 8.77. The van der Waals surface area contributed by atoms with E-state index >= 15 is 0 Å². The van der Waals surface area contributed by atoms with E-state index in [0.29, 0.717) is 5.56 Å². The summed E-state index contributed by atoms with van der Waals surface area (Å²) in [5.41, 5.74) is 9.17. The average Bonchev–Trinajstić information content (AvgIpc) is 2.69. The number of amidine groups is 1. The molecule has 0 spiro atoms. The van der Waals surface area contributed by atoms with Gasteiger partial charge in [0.15, 0.2) is 5.84 Å². The molecule has 0 aliphatic carbocycles. The number of aryl methyl sites for hydroxylation is 1. The molecule has 17 heavy (non-hydrogen) atoms. The zero-order valence-electron chi connectivity index (χ0n) is 9.75. The summed E-state index contributed by atoms with van der Waals surface area (Å²) in [7, 11) is 0. The second-order valence-electron chi connectivity index (χ2n) is 3.79. The second kappa shape index (κ2) is 4.29. The Bertz CT molecular complexity index is 572. The van der Waals surface area contributed by atoms with Crippen molar-refractivity contribution in [3.05, 3.63) is 47.5 Å². The maximum Gasteiger partial charge on any atom is 0.172 e. The standard InChI is InChI=1S/C12H14N4O/c1-8-9(2)16(7-14-8)11-6-4-3-5-10(11)12(13)15-17/h3-7,17H,1-2H3,(H2,13,15). The molecule has 0 saturated heterocycles. The highest BCUT2D eigenvalue weighted by molar-refractivity contribution is 6.00. The van der Waals surface area contributed by atoms with Crippen molar-refractivity contribution in [2.24, 2.45) is 10.9 Å². The summed E-state index contributed by atoms with van der Waals surface area (Å²) in [6, 6.07) is 7.45. The quantitative estimate of drug-likeness (QED) is 0.356. The van der Waals surface area contributed by atoms with E-state index in [9.17, 15) is 0 Å². The Labute approximate surface area is 99.2 Å². The van der Waals surface area contributed by atoms with Crippen LogP contribution in [0, 0.1) is 13.8 Å². The molecule has 0 saturated carbocycles. The maximum atomic E-state index is 8.77. The van der Waals surface area contributed by atoms with E-state index in [-0.39, 0.29) is 5.84 Å². The highest BCUT2D eigenvalue weighted by Crippen LogP contribution is 2.17. The normalized spacial score (nSPS) is 11.8. The zero-order chi connectivity index (χ0) is 12.4. The molecular formula is C12H14N4O. The van der Waals surface area contributed by atoms with Crippen molar-refractivity contribution in [1.29, 1.82) is 0 Å². The first-order chi connectivity index (χ1) is 8.15. The summed E-state index contributed by atoms with van der Waals surface area (Å²) in [5, 5.41) is 11.8. The largest absolute Gasteiger partial charge is 0.409 e. The number of nitrogens with two attached hydrogens (primary N) is 1. The van der Waals surface area contributed by atoms with Gasteiger partial charge in [-0.25, -0.2) is 4.98 Å². The Balaban J connectivity index is 2.64. The number of benzene rings is 1. The lowest BCUT2D eigenvalue weighted by atomic mass is 10.1.